The number of rotatable bonds is 0. The number of nitrogens with zero attached hydrogens (tertiary/aromatic N) is 1. The van der Waals surface area contributed by atoms with E-state index in [1.54, 1.807) is 0 Å². The molecular weight excluding hydrogens is 234 g/mol. The van der Waals surface area contributed by atoms with Crippen molar-refractivity contribution in [2.45, 2.75) is 66.3 Å². The molecule has 2 aliphatic rings. The summed E-state index contributed by atoms with van der Waals surface area (Å²) in [6.45, 7) is 12.9. The van der Waals surface area contributed by atoms with E-state index in [0.717, 1.165) is 19.3 Å². The molecule has 2 heteroatoms. The Morgan fingerprint density at radius 1 is 1.16 bits per heavy atom. The van der Waals surface area contributed by atoms with Crippen LogP contribution in [0.2, 0.25) is 0 Å². The number of hydrogen-bond donors (Lipinski definition) is 0. The van der Waals surface area contributed by atoms with E-state index in [1.807, 2.05) is 0 Å². The largest absolute Gasteiger partial charge is 0.307 e. The summed E-state index contributed by atoms with van der Waals surface area (Å²) in [5.74, 6) is 0.419. The molecule has 0 N–H and O–H groups in total. The molecule has 0 spiro atoms. The third kappa shape index (κ3) is 2.63. The molecule has 0 saturated carbocycles. The molecule has 0 fully saturated rings. The van der Waals surface area contributed by atoms with Crippen LogP contribution in [0.15, 0.2) is 23.4 Å². The van der Waals surface area contributed by atoms with E-state index in [2.05, 4.69) is 58.6 Å². The minimum atomic E-state index is -0.153. The molecule has 19 heavy (non-hydrogen) atoms. The van der Waals surface area contributed by atoms with Crippen molar-refractivity contribution in [3.05, 3.63) is 23.4 Å². The number of amides is 1. The molecule has 0 radical (unpaired) electrons. The van der Waals surface area contributed by atoms with Crippen LogP contribution in [0.4, 0.5) is 0 Å². The maximum atomic E-state index is 13.0. The minimum absolute atomic E-state index is 0.0318. The van der Waals surface area contributed by atoms with Crippen molar-refractivity contribution in [1.29, 1.82) is 0 Å². The predicted molar refractivity (Wildman–Crippen MR) is 79.6 cm³/mol. The number of carbonyl (C=O) groups excluding carboxylic acids is 1. The summed E-state index contributed by atoms with van der Waals surface area (Å²) in [7, 11) is 0. The molecule has 0 aromatic heterocycles. The highest BCUT2D eigenvalue weighted by molar-refractivity contribution is 5.83. The van der Waals surface area contributed by atoms with Gasteiger partial charge in [0, 0.05) is 17.2 Å². The van der Waals surface area contributed by atoms with E-state index < -0.39 is 0 Å². The van der Waals surface area contributed by atoms with Gasteiger partial charge in [-0.15, -0.1) is 0 Å². The van der Waals surface area contributed by atoms with Crippen LogP contribution in [0.3, 0.4) is 0 Å². The maximum Gasteiger partial charge on any atom is 0.231 e. The van der Waals surface area contributed by atoms with Gasteiger partial charge in [0.05, 0.1) is 0 Å². The first-order valence-corrected chi connectivity index (χ1v) is 7.35. The van der Waals surface area contributed by atoms with Crippen molar-refractivity contribution in [1.82, 2.24) is 4.90 Å². The van der Waals surface area contributed by atoms with E-state index in [0.29, 0.717) is 5.91 Å². The summed E-state index contributed by atoms with van der Waals surface area (Å²) in [5.41, 5.74) is 2.49. The molecule has 0 saturated heterocycles. The van der Waals surface area contributed by atoms with Crippen molar-refractivity contribution in [2.75, 3.05) is 0 Å². The third-order valence-electron chi connectivity index (χ3n) is 4.21. The molecule has 1 amide bonds. The molecule has 1 heterocycles. The topological polar surface area (TPSA) is 20.3 Å². The summed E-state index contributed by atoms with van der Waals surface area (Å²) in [6, 6.07) is 0. The molecule has 1 atom stereocenters. The molecule has 106 valence electrons. The Kier molecular flexibility index (Phi) is 3.40. The molecule has 0 aromatic carbocycles. The van der Waals surface area contributed by atoms with Crippen LogP contribution < -0.4 is 0 Å². The highest BCUT2D eigenvalue weighted by Crippen LogP contribution is 2.41. The molecule has 2 nitrogen and oxygen atoms in total. The Hall–Kier alpha value is -1.05. The Labute approximate surface area is 117 Å². The van der Waals surface area contributed by atoms with Crippen molar-refractivity contribution in [3.63, 3.8) is 0 Å². The summed E-state index contributed by atoms with van der Waals surface area (Å²) in [4.78, 5) is 15.1. The highest BCUT2D eigenvalue weighted by atomic mass is 16.2. The minimum Gasteiger partial charge on any atom is -0.307 e. The molecule has 2 rings (SSSR count). The van der Waals surface area contributed by atoms with Gasteiger partial charge in [0.1, 0.15) is 0 Å². The lowest BCUT2D eigenvalue weighted by molar-refractivity contribution is -0.140. The van der Waals surface area contributed by atoms with Crippen LogP contribution in [0, 0.1) is 11.3 Å². The van der Waals surface area contributed by atoms with Gasteiger partial charge in [-0.2, -0.15) is 0 Å². The Morgan fingerprint density at radius 2 is 1.79 bits per heavy atom. The van der Waals surface area contributed by atoms with Gasteiger partial charge in [0.15, 0.2) is 0 Å². The van der Waals surface area contributed by atoms with Crippen molar-refractivity contribution in [3.8, 4) is 0 Å². The first kappa shape index (κ1) is 14.4. The second-order valence-electron chi connectivity index (χ2n) is 7.90. The van der Waals surface area contributed by atoms with Gasteiger partial charge >= 0.3 is 0 Å². The highest BCUT2D eigenvalue weighted by Gasteiger charge is 2.42. The van der Waals surface area contributed by atoms with Crippen molar-refractivity contribution in [2.24, 2.45) is 11.3 Å². The summed E-state index contributed by atoms with van der Waals surface area (Å²) < 4.78 is 0. The fourth-order valence-electron chi connectivity index (χ4n) is 3.21. The summed E-state index contributed by atoms with van der Waals surface area (Å²) in [6.07, 6.45) is 7.39. The molecule has 1 aliphatic carbocycles. The van der Waals surface area contributed by atoms with E-state index in [1.165, 1.54) is 11.3 Å². The average Bonchev–Trinajstić information content (AvgIpc) is 2.57. The molecule has 1 aliphatic heterocycles. The van der Waals surface area contributed by atoms with Gasteiger partial charge in [-0.1, -0.05) is 26.8 Å². The van der Waals surface area contributed by atoms with Gasteiger partial charge in [-0.05, 0) is 57.1 Å². The van der Waals surface area contributed by atoms with Crippen LogP contribution in [0.25, 0.3) is 0 Å². The fraction of sp³-hybridized carbons (Fsp3) is 0.706. The van der Waals surface area contributed by atoms with Crippen LogP contribution in [-0.2, 0) is 4.79 Å². The quantitative estimate of drug-likeness (QED) is 0.637. The maximum absolute atomic E-state index is 13.0. The normalized spacial score (nSPS) is 24.8. The zero-order valence-electron chi connectivity index (χ0n) is 13.2. The van der Waals surface area contributed by atoms with Crippen molar-refractivity contribution < 1.29 is 4.79 Å². The van der Waals surface area contributed by atoms with Crippen LogP contribution in [0.1, 0.15) is 60.8 Å². The van der Waals surface area contributed by atoms with Crippen LogP contribution in [0.5, 0.6) is 0 Å². The van der Waals surface area contributed by atoms with Gasteiger partial charge in [-0.25, -0.2) is 0 Å². The average molecular weight is 261 g/mol. The Balaban J connectivity index is 2.45. The Morgan fingerprint density at radius 3 is 2.32 bits per heavy atom. The first-order valence-electron chi connectivity index (χ1n) is 7.35. The van der Waals surface area contributed by atoms with E-state index in [9.17, 15) is 4.79 Å². The lowest BCUT2D eigenvalue weighted by atomic mass is 9.77. The van der Waals surface area contributed by atoms with Crippen LogP contribution >= 0.6 is 0 Å². The van der Waals surface area contributed by atoms with Gasteiger partial charge < -0.3 is 4.90 Å². The summed E-state index contributed by atoms with van der Waals surface area (Å²) in [5, 5.41) is 0. The Bertz CT molecular complexity index is 443. The van der Waals surface area contributed by atoms with Gasteiger partial charge in [-0.3, -0.25) is 4.79 Å². The van der Waals surface area contributed by atoms with Crippen molar-refractivity contribution >= 4 is 5.91 Å². The van der Waals surface area contributed by atoms with E-state index in [-0.39, 0.29) is 16.9 Å². The van der Waals surface area contributed by atoms with E-state index >= 15 is 0 Å². The third-order valence-corrected chi connectivity index (χ3v) is 4.21. The zero-order valence-corrected chi connectivity index (χ0v) is 13.2. The zero-order chi connectivity index (χ0) is 14.4. The molecule has 0 aromatic rings. The second kappa shape index (κ2) is 4.50. The number of hydrogen-bond acceptors (Lipinski definition) is 1. The van der Waals surface area contributed by atoms with E-state index in [4.69, 9.17) is 0 Å². The summed E-state index contributed by atoms with van der Waals surface area (Å²) >= 11 is 0. The lowest BCUT2D eigenvalue weighted by Crippen LogP contribution is -2.48. The lowest BCUT2D eigenvalue weighted by Gasteiger charge is -2.40. The second-order valence-corrected chi connectivity index (χ2v) is 7.90. The SMILES string of the molecule is CC(C)(C)C1CCC2=C(C=CC2)N(C(C)(C)C)C1=O. The van der Waals surface area contributed by atoms with Gasteiger partial charge in [0.2, 0.25) is 5.91 Å². The smallest absolute Gasteiger partial charge is 0.231 e. The standard InChI is InChI=1S/C17H27NO/c1-16(2,3)13-11-10-12-8-7-9-14(12)18(15(13)19)17(4,5)6/h7,9,13H,8,10-11H2,1-6H3. The monoisotopic (exact) mass is 261 g/mol. The molecule has 1 unspecified atom stereocenters. The first-order chi connectivity index (χ1) is 8.62. The number of allylic oxidation sites excluding steroid dienone is 3. The molecular formula is C17H27NO. The van der Waals surface area contributed by atoms with Gasteiger partial charge in [0.25, 0.3) is 0 Å². The molecule has 0 bridgehead atoms. The fourth-order valence-corrected chi connectivity index (χ4v) is 3.21. The predicted octanol–water partition coefficient (Wildman–Crippen LogP) is 4.28. The number of carbonyl (C=O) groups is 1. The van der Waals surface area contributed by atoms with Crippen LogP contribution in [-0.4, -0.2) is 16.3 Å².